The van der Waals surface area contributed by atoms with E-state index in [9.17, 15) is 9.59 Å². The Bertz CT molecular complexity index is 1220. The molecule has 0 spiro atoms. The van der Waals surface area contributed by atoms with Crippen molar-refractivity contribution in [3.8, 4) is 11.5 Å². The van der Waals surface area contributed by atoms with Gasteiger partial charge in [-0.15, -0.1) is 0 Å². The van der Waals surface area contributed by atoms with Crippen molar-refractivity contribution in [2.24, 2.45) is 11.8 Å². The van der Waals surface area contributed by atoms with E-state index in [1.807, 2.05) is 12.1 Å². The first kappa shape index (κ1) is 33.8. The van der Waals surface area contributed by atoms with Gasteiger partial charge in [0.15, 0.2) is 13.2 Å². The summed E-state index contributed by atoms with van der Waals surface area (Å²) < 4.78 is 23.3. The van der Waals surface area contributed by atoms with E-state index in [-0.39, 0.29) is 13.2 Å². The van der Waals surface area contributed by atoms with Crippen LogP contribution in [-0.2, 0) is 19.1 Å². The normalized spacial score (nSPS) is 12.7. The molecule has 0 saturated heterocycles. The molecule has 0 amide bonds. The van der Waals surface area contributed by atoms with Crippen molar-refractivity contribution < 1.29 is 28.5 Å². The van der Waals surface area contributed by atoms with E-state index in [0.29, 0.717) is 68.1 Å². The molecule has 230 valence electrons. The third-order valence-corrected chi connectivity index (χ3v) is 8.32. The van der Waals surface area contributed by atoms with Crippen molar-refractivity contribution in [1.82, 2.24) is 0 Å². The number of rotatable bonds is 18. The summed E-state index contributed by atoms with van der Waals surface area (Å²) in [6, 6.07) is 10.7. The zero-order valence-corrected chi connectivity index (χ0v) is 26.8. The van der Waals surface area contributed by atoms with Crippen molar-refractivity contribution in [2.45, 2.75) is 79.1 Å². The Morgan fingerprint density at radius 1 is 0.667 bits per heavy atom. The Labute approximate surface area is 259 Å². The van der Waals surface area contributed by atoms with Crippen molar-refractivity contribution in [3.05, 3.63) is 46.4 Å². The molecule has 0 fully saturated rings. The lowest BCUT2D eigenvalue weighted by Gasteiger charge is -2.20. The van der Waals surface area contributed by atoms with Gasteiger partial charge in [0.05, 0.1) is 23.3 Å². The molecule has 0 N–H and O–H groups in total. The molecule has 0 bridgehead atoms. The van der Waals surface area contributed by atoms with Crippen molar-refractivity contribution in [1.29, 1.82) is 0 Å². The van der Waals surface area contributed by atoms with Gasteiger partial charge in [-0.25, -0.2) is 9.59 Å². The number of carbonyl (C=O) groups is 2. The molecule has 3 aromatic carbocycles. The zero-order chi connectivity index (χ0) is 30.5. The fourth-order valence-corrected chi connectivity index (χ4v) is 5.54. The van der Waals surface area contributed by atoms with Gasteiger partial charge in [-0.3, -0.25) is 0 Å². The predicted octanol–water partition coefficient (Wildman–Crippen LogP) is 9.58. The van der Waals surface area contributed by atoms with E-state index in [2.05, 4.69) is 27.7 Å². The number of hydrogen-bond acceptors (Lipinski definition) is 6. The predicted molar refractivity (Wildman–Crippen MR) is 171 cm³/mol. The zero-order valence-electron chi connectivity index (χ0n) is 25.3. The van der Waals surface area contributed by atoms with Gasteiger partial charge < -0.3 is 18.9 Å². The monoisotopic (exact) mass is 618 g/mol. The van der Waals surface area contributed by atoms with Gasteiger partial charge in [-0.05, 0) is 36.8 Å². The standard InChI is InChI=1S/C34H44Cl2O6/c1-5-9-13-23(7-3)19-39-29(37)21-41-33-25-15-11-18-28(36)32(25)34(26-16-12-17-27(35)31(26)33)42-22-30(38)40-20-24(8-4)14-10-6-2/h11-12,15-18,23-24H,5-10,13-14,19-22H2,1-4H3. The number of carbonyl (C=O) groups excluding carboxylic acids is 2. The van der Waals surface area contributed by atoms with Crippen molar-refractivity contribution in [3.63, 3.8) is 0 Å². The van der Waals surface area contributed by atoms with Gasteiger partial charge in [0, 0.05) is 21.5 Å². The maximum absolute atomic E-state index is 12.7. The molecule has 3 aromatic rings. The first-order chi connectivity index (χ1) is 20.3. The van der Waals surface area contributed by atoms with Gasteiger partial charge in [0.1, 0.15) is 11.5 Å². The number of fused-ring (bicyclic) bond motifs is 2. The van der Waals surface area contributed by atoms with Crippen LogP contribution >= 0.6 is 23.2 Å². The van der Waals surface area contributed by atoms with Crippen LogP contribution < -0.4 is 9.47 Å². The Morgan fingerprint density at radius 3 is 1.43 bits per heavy atom. The Hall–Kier alpha value is -2.70. The highest BCUT2D eigenvalue weighted by molar-refractivity contribution is 6.40. The lowest BCUT2D eigenvalue weighted by atomic mass is 10.00. The summed E-state index contributed by atoms with van der Waals surface area (Å²) in [6.07, 6.45) is 8.37. The fraction of sp³-hybridized carbons (Fsp3) is 0.529. The van der Waals surface area contributed by atoms with E-state index in [0.717, 1.165) is 51.4 Å². The van der Waals surface area contributed by atoms with Crippen LogP contribution in [0.15, 0.2) is 36.4 Å². The molecule has 2 atom stereocenters. The van der Waals surface area contributed by atoms with Crippen LogP contribution in [0.3, 0.4) is 0 Å². The van der Waals surface area contributed by atoms with Gasteiger partial charge >= 0.3 is 11.9 Å². The molecule has 0 aliphatic rings. The van der Waals surface area contributed by atoms with Crippen LogP contribution in [0.5, 0.6) is 11.5 Å². The lowest BCUT2D eigenvalue weighted by molar-refractivity contribution is -0.148. The third-order valence-electron chi connectivity index (χ3n) is 7.69. The lowest BCUT2D eigenvalue weighted by Crippen LogP contribution is -2.20. The largest absolute Gasteiger partial charge is 0.481 e. The molecule has 0 aliphatic heterocycles. The summed E-state index contributed by atoms with van der Waals surface area (Å²) >= 11 is 13.4. The number of benzene rings is 3. The smallest absolute Gasteiger partial charge is 0.344 e. The van der Waals surface area contributed by atoms with Crippen molar-refractivity contribution in [2.75, 3.05) is 26.4 Å². The molecule has 42 heavy (non-hydrogen) atoms. The molecule has 3 rings (SSSR count). The summed E-state index contributed by atoms with van der Waals surface area (Å²) in [5.74, 6) is 0.562. The molecule has 0 heterocycles. The second kappa shape index (κ2) is 17.4. The quantitative estimate of drug-likeness (QED) is 0.104. The second-order valence-electron chi connectivity index (χ2n) is 10.8. The van der Waals surface area contributed by atoms with Crippen LogP contribution in [0.1, 0.15) is 79.1 Å². The number of halogens is 2. The molecule has 8 heteroatoms. The molecule has 6 nitrogen and oxygen atoms in total. The number of ether oxygens (including phenoxy) is 4. The van der Waals surface area contributed by atoms with Crippen molar-refractivity contribution >= 4 is 56.7 Å². The number of unbranched alkanes of at least 4 members (excludes halogenated alkanes) is 2. The maximum Gasteiger partial charge on any atom is 0.344 e. The minimum Gasteiger partial charge on any atom is -0.481 e. The fourth-order valence-electron chi connectivity index (χ4n) is 5.02. The minimum absolute atomic E-state index is 0.282. The average Bonchev–Trinajstić information content (AvgIpc) is 2.99. The van der Waals surface area contributed by atoms with E-state index in [1.165, 1.54) is 0 Å². The molecule has 0 aromatic heterocycles. The first-order valence-electron chi connectivity index (χ1n) is 15.2. The van der Waals surface area contributed by atoms with Crippen LogP contribution in [0.25, 0.3) is 21.5 Å². The Kier molecular flexibility index (Phi) is 14.0. The van der Waals surface area contributed by atoms with E-state index < -0.39 is 11.9 Å². The molecular weight excluding hydrogens is 575 g/mol. The summed E-state index contributed by atoms with van der Waals surface area (Å²) in [5, 5.41) is 3.17. The van der Waals surface area contributed by atoms with Gasteiger partial charge in [0.25, 0.3) is 0 Å². The van der Waals surface area contributed by atoms with Gasteiger partial charge in [-0.2, -0.15) is 0 Å². The molecular formula is C34H44Cl2O6. The number of esters is 2. The van der Waals surface area contributed by atoms with Crippen LogP contribution in [0.2, 0.25) is 10.0 Å². The summed E-state index contributed by atoms with van der Waals surface area (Å²) in [4.78, 5) is 25.4. The summed E-state index contributed by atoms with van der Waals surface area (Å²) in [6.45, 7) is 8.68. The van der Waals surface area contributed by atoms with Gasteiger partial charge in [-0.1, -0.05) is 114 Å². The maximum atomic E-state index is 12.7. The topological polar surface area (TPSA) is 71.1 Å². The third kappa shape index (κ3) is 9.15. The highest BCUT2D eigenvalue weighted by atomic mass is 35.5. The van der Waals surface area contributed by atoms with E-state index in [1.54, 1.807) is 24.3 Å². The Morgan fingerprint density at radius 2 is 1.07 bits per heavy atom. The van der Waals surface area contributed by atoms with E-state index in [4.69, 9.17) is 42.1 Å². The van der Waals surface area contributed by atoms with Crippen LogP contribution in [0.4, 0.5) is 0 Å². The van der Waals surface area contributed by atoms with Crippen LogP contribution in [0, 0.1) is 11.8 Å². The summed E-state index contributed by atoms with van der Waals surface area (Å²) in [7, 11) is 0. The average molecular weight is 620 g/mol. The highest BCUT2D eigenvalue weighted by Gasteiger charge is 2.22. The SMILES string of the molecule is CCCCC(CC)COC(=O)COc1c2cccc(Cl)c2c(OCC(=O)OCC(CC)CCCC)c2cccc(Cl)c12. The molecule has 0 saturated carbocycles. The molecule has 0 radical (unpaired) electrons. The minimum atomic E-state index is -0.451. The summed E-state index contributed by atoms with van der Waals surface area (Å²) in [5.41, 5.74) is 0. The van der Waals surface area contributed by atoms with Gasteiger partial charge in [0.2, 0.25) is 0 Å². The number of hydrogen-bond donors (Lipinski definition) is 0. The molecule has 2 unspecified atom stereocenters. The highest BCUT2D eigenvalue weighted by Crippen LogP contribution is 2.47. The Balaban J connectivity index is 1.85. The second-order valence-corrected chi connectivity index (χ2v) is 11.6. The first-order valence-corrected chi connectivity index (χ1v) is 16.0. The van der Waals surface area contributed by atoms with Crippen LogP contribution in [-0.4, -0.2) is 38.4 Å². The molecule has 0 aliphatic carbocycles. The van der Waals surface area contributed by atoms with E-state index >= 15 is 0 Å².